The van der Waals surface area contributed by atoms with Gasteiger partial charge in [-0.3, -0.25) is 4.90 Å². The minimum absolute atomic E-state index is 0. The van der Waals surface area contributed by atoms with Crippen molar-refractivity contribution in [2.24, 2.45) is 0 Å². The monoisotopic (exact) mass is 612 g/mol. The number of amides is 1. The highest BCUT2D eigenvalue weighted by molar-refractivity contribution is 5.85. The highest BCUT2D eigenvalue weighted by Crippen LogP contribution is 2.31. The number of pyridine rings is 2. The van der Waals surface area contributed by atoms with Gasteiger partial charge in [-0.2, -0.15) is 0 Å². The largest absolute Gasteiger partial charge is 0.494 e. The minimum Gasteiger partial charge on any atom is -0.494 e. The van der Waals surface area contributed by atoms with E-state index in [1.165, 1.54) is 0 Å². The molecule has 0 bridgehead atoms. The number of carbonyl (C=O) groups excluding carboxylic acids is 1. The smallest absolute Gasteiger partial charge is 0.410 e. The van der Waals surface area contributed by atoms with Crippen LogP contribution in [-0.2, 0) is 4.74 Å². The minimum atomic E-state index is -0.571. The molecule has 2 fully saturated rings. The van der Waals surface area contributed by atoms with Crippen molar-refractivity contribution in [3.8, 4) is 11.5 Å². The molecule has 0 saturated carbocycles. The van der Waals surface area contributed by atoms with Gasteiger partial charge in [0.05, 0.1) is 57.2 Å². The lowest BCUT2D eigenvalue weighted by Crippen LogP contribution is -2.57. The fraction of sp³-hybridized carbons (Fsp3) is 0.593. The van der Waals surface area contributed by atoms with E-state index in [-0.39, 0.29) is 37.7 Å². The normalized spacial score (nSPS) is 18.8. The van der Waals surface area contributed by atoms with E-state index in [0.717, 1.165) is 36.8 Å². The number of nitrogens with two attached hydrogens (primary N) is 2. The zero-order chi connectivity index (χ0) is 30.2. The first-order valence-corrected chi connectivity index (χ1v) is 13.5. The van der Waals surface area contributed by atoms with Crippen molar-refractivity contribution in [1.82, 2.24) is 20.2 Å². The van der Waals surface area contributed by atoms with Gasteiger partial charge in [-0.15, -0.1) is 12.4 Å². The molecule has 2 saturated heterocycles. The SMILES string of the molecule is COc1cc(N)ncc1N1CCN(C(=O)OC(C)(C)C)[C@@H](CO)C1.COc1cc(N)ncc1N1CCN[C@@H](CO)C1.Cl. The van der Waals surface area contributed by atoms with Crippen molar-refractivity contribution in [2.75, 3.05) is 88.0 Å². The molecule has 1 amide bonds. The van der Waals surface area contributed by atoms with Crippen LogP contribution in [-0.4, -0.2) is 116 Å². The van der Waals surface area contributed by atoms with Crippen molar-refractivity contribution in [2.45, 2.75) is 38.5 Å². The fourth-order valence-electron chi connectivity index (χ4n) is 4.65. The Morgan fingerprint density at radius 3 is 1.98 bits per heavy atom. The van der Waals surface area contributed by atoms with Crippen LogP contribution < -0.4 is 36.1 Å². The number of halogens is 1. The Morgan fingerprint density at radius 2 is 1.50 bits per heavy atom. The summed E-state index contributed by atoms with van der Waals surface area (Å²) in [4.78, 5) is 26.2. The first-order chi connectivity index (χ1) is 19.5. The van der Waals surface area contributed by atoms with Gasteiger partial charge in [-0.05, 0) is 20.8 Å². The van der Waals surface area contributed by atoms with Crippen molar-refractivity contribution in [1.29, 1.82) is 0 Å². The number of ether oxygens (including phenoxy) is 3. The quantitative estimate of drug-likeness (QED) is 0.311. The van der Waals surface area contributed by atoms with Crippen LogP contribution >= 0.6 is 12.4 Å². The van der Waals surface area contributed by atoms with Gasteiger partial charge in [-0.1, -0.05) is 0 Å². The molecular weight excluding hydrogens is 568 g/mol. The third kappa shape index (κ3) is 9.28. The van der Waals surface area contributed by atoms with Crippen LogP contribution in [0.5, 0.6) is 11.5 Å². The zero-order valence-electron chi connectivity index (χ0n) is 24.9. The van der Waals surface area contributed by atoms with Crippen LogP contribution in [0.2, 0.25) is 0 Å². The molecule has 4 heterocycles. The maximum absolute atomic E-state index is 12.3. The van der Waals surface area contributed by atoms with Crippen LogP contribution in [0.3, 0.4) is 0 Å². The summed E-state index contributed by atoms with van der Waals surface area (Å²) in [7, 11) is 3.18. The Labute approximate surface area is 253 Å². The molecule has 42 heavy (non-hydrogen) atoms. The Hall–Kier alpha value is -3.46. The second kappa shape index (κ2) is 15.7. The number of piperazine rings is 2. The molecule has 2 aliphatic heterocycles. The Balaban J connectivity index is 0.000000302. The van der Waals surface area contributed by atoms with Crippen LogP contribution in [0.25, 0.3) is 0 Å². The number of anilines is 4. The number of nitrogens with zero attached hydrogens (tertiary/aromatic N) is 5. The van der Waals surface area contributed by atoms with E-state index in [2.05, 4.69) is 20.2 Å². The highest BCUT2D eigenvalue weighted by Gasteiger charge is 2.34. The van der Waals surface area contributed by atoms with E-state index in [1.807, 2.05) is 25.7 Å². The van der Waals surface area contributed by atoms with Crippen molar-refractivity contribution < 1.29 is 29.2 Å². The molecular formula is C27H45ClN8O6. The van der Waals surface area contributed by atoms with Gasteiger partial charge in [0.25, 0.3) is 0 Å². The number of carbonyl (C=O) groups is 1. The average Bonchev–Trinajstić information content (AvgIpc) is 2.96. The first-order valence-electron chi connectivity index (χ1n) is 13.5. The molecule has 0 unspecified atom stereocenters. The maximum Gasteiger partial charge on any atom is 0.410 e. The highest BCUT2D eigenvalue weighted by atomic mass is 35.5. The van der Waals surface area contributed by atoms with Crippen LogP contribution in [0.15, 0.2) is 24.5 Å². The molecule has 15 heteroatoms. The topological polar surface area (TPSA) is 185 Å². The van der Waals surface area contributed by atoms with E-state index in [0.29, 0.717) is 37.0 Å². The van der Waals surface area contributed by atoms with E-state index in [1.54, 1.807) is 43.6 Å². The summed E-state index contributed by atoms with van der Waals surface area (Å²) in [6, 6.07) is 3.09. The van der Waals surface area contributed by atoms with Gasteiger partial charge in [-0.25, -0.2) is 14.8 Å². The average molecular weight is 613 g/mol. The van der Waals surface area contributed by atoms with Crippen LogP contribution in [0, 0.1) is 0 Å². The zero-order valence-corrected chi connectivity index (χ0v) is 25.8. The fourth-order valence-corrected chi connectivity index (χ4v) is 4.65. The summed E-state index contributed by atoms with van der Waals surface area (Å²) in [6.45, 7) is 9.33. The number of rotatable bonds is 6. The third-order valence-corrected chi connectivity index (χ3v) is 6.65. The first kappa shape index (κ1) is 34.7. The van der Waals surface area contributed by atoms with Gasteiger partial charge in [0.15, 0.2) is 0 Å². The van der Waals surface area contributed by atoms with Gasteiger partial charge in [0.2, 0.25) is 0 Å². The summed E-state index contributed by atoms with van der Waals surface area (Å²) < 4.78 is 16.1. The summed E-state index contributed by atoms with van der Waals surface area (Å²) >= 11 is 0. The molecule has 7 N–H and O–H groups in total. The molecule has 2 aromatic rings. The molecule has 4 rings (SSSR count). The van der Waals surface area contributed by atoms with E-state index < -0.39 is 11.7 Å². The molecule has 14 nitrogen and oxygen atoms in total. The summed E-state index contributed by atoms with van der Waals surface area (Å²) in [5.41, 5.74) is 12.4. The van der Waals surface area contributed by atoms with Gasteiger partial charge in [0.1, 0.15) is 28.7 Å². The van der Waals surface area contributed by atoms with Crippen LogP contribution in [0.1, 0.15) is 20.8 Å². The molecule has 236 valence electrons. The molecule has 0 aliphatic carbocycles. The molecule has 2 atom stereocenters. The molecule has 0 radical (unpaired) electrons. The number of nitrogens with one attached hydrogen (secondary N) is 1. The number of methoxy groups -OCH3 is 2. The summed E-state index contributed by atoms with van der Waals surface area (Å²) in [6.07, 6.45) is 2.95. The van der Waals surface area contributed by atoms with Gasteiger partial charge < -0.3 is 51.0 Å². The Morgan fingerprint density at radius 1 is 0.952 bits per heavy atom. The second-order valence-corrected chi connectivity index (χ2v) is 10.8. The molecule has 2 aliphatic rings. The Kier molecular flexibility index (Phi) is 13.0. The standard InChI is InChI=1S/C16H26N4O4.C11H18N4O2.ClH/c1-16(2,3)24-15(22)20-6-5-19(9-11(20)10-21)12-8-18-14(17)7-13(12)23-4;1-17-10-4-11(12)14-5-9(10)15-3-2-13-8(6-15)7-16;/h7-8,11,21H,5-6,9-10H2,1-4H3,(H2,17,18);4-5,8,13,16H,2-3,6-7H2,1H3,(H2,12,14);1H/t11-;8-;/m11./s1. The number of hydrogen-bond acceptors (Lipinski definition) is 13. The lowest BCUT2D eigenvalue weighted by atomic mass is 10.1. The number of hydrogen-bond donors (Lipinski definition) is 5. The molecule has 0 aromatic carbocycles. The van der Waals surface area contributed by atoms with Crippen LogP contribution in [0.4, 0.5) is 27.8 Å². The van der Waals surface area contributed by atoms with Gasteiger partial charge in [0, 0.05) is 57.4 Å². The van der Waals surface area contributed by atoms with Crippen molar-refractivity contribution in [3.63, 3.8) is 0 Å². The Bertz CT molecular complexity index is 1150. The second-order valence-electron chi connectivity index (χ2n) is 10.8. The number of aliphatic hydroxyl groups excluding tert-OH is 2. The number of nitrogen functional groups attached to an aromatic ring is 2. The van der Waals surface area contributed by atoms with E-state index >= 15 is 0 Å². The van der Waals surface area contributed by atoms with E-state index in [9.17, 15) is 15.0 Å². The predicted octanol–water partition coefficient (Wildman–Crippen LogP) is 0.955. The van der Waals surface area contributed by atoms with E-state index in [4.69, 9.17) is 25.7 Å². The number of aromatic nitrogens is 2. The summed E-state index contributed by atoms with van der Waals surface area (Å²) in [5, 5.41) is 22.1. The lowest BCUT2D eigenvalue weighted by Gasteiger charge is -2.42. The predicted molar refractivity (Wildman–Crippen MR) is 165 cm³/mol. The lowest BCUT2D eigenvalue weighted by molar-refractivity contribution is 0.00702. The molecule has 2 aromatic heterocycles. The van der Waals surface area contributed by atoms with Crippen molar-refractivity contribution in [3.05, 3.63) is 24.5 Å². The summed E-state index contributed by atoms with van der Waals surface area (Å²) in [5.74, 6) is 2.15. The molecule has 0 spiro atoms. The number of aliphatic hydroxyl groups is 2. The third-order valence-electron chi connectivity index (χ3n) is 6.65. The van der Waals surface area contributed by atoms with Gasteiger partial charge >= 0.3 is 6.09 Å². The van der Waals surface area contributed by atoms with Crippen molar-refractivity contribution >= 4 is 41.5 Å². The maximum atomic E-state index is 12.3.